The number of anilines is 1. The van der Waals surface area contributed by atoms with Gasteiger partial charge in [0, 0.05) is 5.69 Å². The molecule has 0 atom stereocenters. The molecule has 0 aliphatic heterocycles. The molecule has 0 bridgehead atoms. The van der Waals surface area contributed by atoms with Crippen LogP contribution in [0.15, 0.2) is 24.3 Å². The first kappa shape index (κ1) is 10.3. The summed E-state index contributed by atoms with van der Waals surface area (Å²) in [7, 11) is -0.172. The zero-order valence-corrected chi connectivity index (χ0v) is 8.67. The van der Waals surface area contributed by atoms with Gasteiger partial charge in [0.05, 0.1) is 0 Å². The highest BCUT2D eigenvalue weighted by Crippen LogP contribution is 2.23. The molecule has 0 spiro atoms. The van der Waals surface area contributed by atoms with Crippen molar-refractivity contribution in [2.24, 2.45) is 0 Å². The summed E-state index contributed by atoms with van der Waals surface area (Å²) in [5.41, 5.74) is 7.18. The lowest BCUT2D eigenvalue weighted by Crippen LogP contribution is -1.94. The lowest BCUT2D eigenvalue weighted by Gasteiger charge is -2.01. The van der Waals surface area contributed by atoms with Crippen molar-refractivity contribution in [2.45, 2.75) is 11.8 Å². The van der Waals surface area contributed by atoms with E-state index in [-0.39, 0.29) is 22.3 Å². The highest BCUT2D eigenvalue weighted by Gasteiger charge is 2.08. The van der Waals surface area contributed by atoms with E-state index in [0.717, 1.165) is 5.56 Å². The second kappa shape index (κ2) is 5.06. The maximum Gasteiger partial charge on any atom is 0.171 e. The molecular formula is C8H9NO2P2. The van der Waals surface area contributed by atoms with Gasteiger partial charge in [-0.25, -0.2) is 0 Å². The lowest BCUT2D eigenvalue weighted by atomic mass is 10.1. The molecule has 1 aromatic rings. The first-order valence-corrected chi connectivity index (χ1v) is 5.52. The van der Waals surface area contributed by atoms with Crippen LogP contribution in [0.2, 0.25) is 0 Å². The van der Waals surface area contributed by atoms with Crippen LogP contribution in [0, 0.1) is 0 Å². The number of rotatable bonds is 4. The fraction of sp³-hybridized carbons (Fsp3) is 0.250. The van der Waals surface area contributed by atoms with Gasteiger partial charge in [0.15, 0.2) is 16.9 Å². The van der Waals surface area contributed by atoms with E-state index < -0.39 is 0 Å². The molecule has 0 fully saturated rings. The third-order valence-corrected chi connectivity index (χ3v) is 3.06. The second-order valence-corrected chi connectivity index (χ2v) is 4.71. The Morgan fingerprint density at radius 3 is 2.15 bits per heavy atom. The van der Waals surface area contributed by atoms with Gasteiger partial charge in [-0.2, -0.15) is 0 Å². The maximum atomic E-state index is 10.5. The van der Waals surface area contributed by atoms with Crippen molar-refractivity contribution in [2.75, 3.05) is 5.73 Å². The van der Waals surface area contributed by atoms with Gasteiger partial charge in [-0.1, -0.05) is 12.1 Å². The molecular weight excluding hydrogens is 204 g/mol. The van der Waals surface area contributed by atoms with E-state index in [1.807, 2.05) is 12.1 Å². The largest absolute Gasteiger partial charge is 0.399 e. The Morgan fingerprint density at radius 1 is 1.15 bits per heavy atom. The van der Waals surface area contributed by atoms with Crippen molar-refractivity contribution in [3.8, 4) is 0 Å². The average molecular weight is 213 g/mol. The fourth-order valence-electron chi connectivity index (χ4n) is 0.958. The Balaban J connectivity index is 2.68. The number of hydrogen-bond acceptors (Lipinski definition) is 3. The fourth-order valence-corrected chi connectivity index (χ4v) is 1.68. The molecule has 3 nitrogen and oxygen atoms in total. The Hall–Kier alpha value is -0.780. The molecule has 0 aliphatic rings. The molecule has 0 heterocycles. The molecule has 1 rings (SSSR count). The molecule has 0 aliphatic carbocycles. The number of hydrogen-bond donors (Lipinski definition) is 1. The summed E-state index contributed by atoms with van der Waals surface area (Å²) in [6.07, 6.45) is 0.538. The number of nitrogen functional groups attached to an aromatic ring is 1. The van der Waals surface area contributed by atoms with Crippen LogP contribution in [-0.4, -0.2) is 5.40 Å². The third-order valence-electron chi connectivity index (χ3n) is 1.64. The molecule has 0 radical (unpaired) electrons. The predicted molar refractivity (Wildman–Crippen MR) is 53.6 cm³/mol. The van der Waals surface area contributed by atoms with Crippen molar-refractivity contribution >= 4 is 22.6 Å². The molecule has 13 heavy (non-hydrogen) atoms. The van der Waals surface area contributed by atoms with E-state index in [9.17, 15) is 9.13 Å². The van der Waals surface area contributed by atoms with Crippen molar-refractivity contribution in [1.82, 2.24) is 0 Å². The summed E-state index contributed by atoms with van der Waals surface area (Å²) in [4.78, 5) is 0. The highest BCUT2D eigenvalue weighted by atomic mass is 31.1. The normalized spacial score (nSPS) is 13.2. The van der Waals surface area contributed by atoms with Gasteiger partial charge in [0.2, 0.25) is 0 Å². The van der Waals surface area contributed by atoms with E-state index in [1.54, 1.807) is 12.1 Å². The van der Waals surface area contributed by atoms with E-state index in [0.29, 0.717) is 12.1 Å². The van der Waals surface area contributed by atoms with Crippen LogP contribution in [-0.2, 0) is 15.6 Å². The average Bonchev–Trinajstić information content (AvgIpc) is 2.17. The predicted octanol–water partition coefficient (Wildman–Crippen LogP) is 2.72. The first-order valence-electron chi connectivity index (χ1n) is 3.75. The molecule has 0 unspecified atom stereocenters. The van der Waals surface area contributed by atoms with Crippen LogP contribution in [0.4, 0.5) is 5.69 Å². The quantitative estimate of drug-likeness (QED) is 0.617. The topological polar surface area (TPSA) is 60.2 Å². The Bertz CT molecular complexity index is 292. The molecule has 0 amide bonds. The third kappa shape index (κ3) is 3.22. The minimum atomic E-state index is -0.344. The SMILES string of the molecule is Nc1ccc(CC(P=O)P=O)cc1. The van der Waals surface area contributed by atoms with Crippen LogP contribution in [0.25, 0.3) is 0 Å². The van der Waals surface area contributed by atoms with Gasteiger partial charge in [-0.05, 0) is 24.1 Å². The minimum Gasteiger partial charge on any atom is -0.399 e. The molecule has 1 aromatic carbocycles. The van der Waals surface area contributed by atoms with Crippen molar-refractivity contribution < 1.29 is 9.13 Å². The minimum absolute atomic E-state index is 0.0858. The molecule has 68 valence electrons. The summed E-state index contributed by atoms with van der Waals surface area (Å²) >= 11 is 0. The van der Waals surface area contributed by atoms with Crippen LogP contribution in [0.5, 0.6) is 0 Å². The monoisotopic (exact) mass is 213 g/mol. The zero-order valence-electron chi connectivity index (χ0n) is 6.88. The molecule has 5 heteroatoms. The zero-order chi connectivity index (χ0) is 9.68. The van der Waals surface area contributed by atoms with Crippen molar-refractivity contribution in [1.29, 1.82) is 0 Å². The van der Waals surface area contributed by atoms with Crippen LogP contribution in [0.1, 0.15) is 5.56 Å². The Kier molecular flexibility index (Phi) is 4.01. The second-order valence-electron chi connectivity index (χ2n) is 2.64. The van der Waals surface area contributed by atoms with Gasteiger partial charge < -0.3 is 5.73 Å². The van der Waals surface area contributed by atoms with E-state index >= 15 is 0 Å². The Labute approximate surface area is 79.7 Å². The summed E-state index contributed by atoms with van der Waals surface area (Å²) < 4.78 is 20.9. The standard InChI is InChI=1S/C8H9NO2P2/c9-7-3-1-6(2-4-7)5-8(12-10)13-11/h1-4,8H,5,9H2. The van der Waals surface area contributed by atoms with Gasteiger partial charge in [0.1, 0.15) is 5.40 Å². The highest BCUT2D eigenvalue weighted by molar-refractivity contribution is 7.44. The summed E-state index contributed by atoms with van der Waals surface area (Å²) in [5, 5.41) is -0.344. The van der Waals surface area contributed by atoms with E-state index in [4.69, 9.17) is 5.73 Å². The van der Waals surface area contributed by atoms with Crippen LogP contribution < -0.4 is 5.73 Å². The van der Waals surface area contributed by atoms with Crippen LogP contribution in [0.3, 0.4) is 0 Å². The van der Waals surface area contributed by atoms with Crippen LogP contribution >= 0.6 is 16.9 Å². The van der Waals surface area contributed by atoms with Gasteiger partial charge in [-0.15, -0.1) is 0 Å². The molecule has 0 saturated heterocycles. The summed E-state index contributed by atoms with van der Waals surface area (Å²) in [6.45, 7) is 0. The van der Waals surface area contributed by atoms with Crippen molar-refractivity contribution in [3.63, 3.8) is 0 Å². The lowest BCUT2D eigenvalue weighted by molar-refractivity contribution is 0.587. The van der Waals surface area contributed by atoms with Gasteiger partial charge >= 0.3 is 0 Å². The smallest absolute Gasteiger partial charge is 0.171 e. The molecule has 2 N–H and O–H groups in total. The van der Waals surface area contributed by atoms with E-state index in [2.05, 4.69) is 0 Å². The van der Waals surface area contributed by atoms with Gasteiger partial charge in [0.25, 0.3) is 0 Å². The number of nitrogens with two attached hydrogens (primary N) is 1. The summed E-state index contributed by atoms with van der Waals surface area (Å²) in [6, 6.07) is 7.24. The first-order chi connectivity index (χ1) is 6.26. The maximum absolute atomic E-state index is 10.5. The number of benzene rings is 1. The Morgan fingerprint density at radius 2 is 1.69 bits per heavy atom. The summed E-state index contributed by atoms with van der Waals surface area (Å²) in [5.74, 6) is 0. The van der Waals surface area contributed by atoms with Crippen molar-refractivity contribution in [3.05, 3.63) is 29.8 Å². The molecule has 0 saturated carbocycles. The molecule has 0 aromatic heterocycles. The van der Waals surface area contributed by atoms with E-state index in [1.165, 1.54) is 0 Å². The van der Waals surface area contributed by atoms with Gasteiger partial charge in [-0.3, -0.25) is 9.13 Å².